The van der Waals surface area contributed by atoms with Crippen LogP contribution in [0.2, 0.25) is 0 Å². The van der Waals surface area contributed by atoms with Gasteiger partial charge in [-0.05, 0) is 25.1 Å². The lowest BCUT2D eigenvalue weighted by molar-refractivity contribution is 0.625. The zero-order valence-electron chi connectivity index (χ0n) is 13.7. The molecule has 0 radical (unpaired) electrons. The number of nitrogens with zero attached hydrogens (tertiary/aromatic N) is 7. The molecule has 9 nitrogen and oxygen atoms in total. The van der Waals surface area contributed by atoms with Gasteiger partial charge in [0.1, 0.15) is 0 Å². The lowest BCUT2D eigenvalue weighted by atomic mass is 10.3. The summed E-state index contributed by atoms with van der Waals surface area (Å²) in [6.07, 6.45) is 6.73. The second-order valence-corrected chi connectivity index (χ2v) is 5.54. The lowest BCUT2D eigenvalue weighted by Gasteiger charge is -2.03. The minimum Gasteiger partial charge on any atom is -0.262 e. The molecule has 0 bridgehead atoms. The van der Waals surface area contributed by atoms with Gasteiger partial charge in [0.05, 0.1) is 23.8 Å². The van der Waals surface area contributed by atoms with Gasteiger partial charge in [0.25, 0.3) is 0 Å². The van der Waals surface area contributed by atoms with Crippen molar-refractivity contribution in [2.75, 3.05) is 0 Å². The van der Waals surface area contributed by atoms with Crippen molar-refractivity contribution < 1.29 is 0 Å². The highest BCUT2D eigenvalue weighted by molar-refractivity contribution is 5.76. The Morgan fingerprint density at radius 2 is 1.96 bits per heavy atom. The van der Waals surface area contributed by atoms with Gasteiger partial charge in [0, 0.05) is 31.4 Å². The van der Waals surface area contributed by atoms with Gasteiger partial charge in [0.2, 0.25) is 0 Å². The van der Waals surface area contributed by atoms with Crippen LogP contribution in [0.15, 0.2) is 52.6 Å². The van der Waals surface area contributed by atoms with Gasteiger partial charge >= 0.3 is 11.4 Å². The number of hydrogen-bond donors (Lipinski definition) is 0. The standard InChI is InChI=1S/C16H15N7O2/c1-3-21-15(24)20(2)23(16(21)25)13-7-11-10-22(19-14(11)18-9-13)12-5-4-6-17-8-12/h4-10H,3H2,1-2H3. The maximum absolute atomic E-state index is 12.5. The van der Waals surface area contributed by atoms with E-state index in [4.69, 9.17) is 0 Å². The van der Waals surface area contributed by atoms with Crippen molar-refractivity contribution >= 4 is 11.0 Å². The van der Waals surface area contributed by atoms with Crippen LogP contribution < -0.4 is 11.4 Å². The maximum atomic E-state index is 12.5. The van der Waals surface area contributed by atoms with Crippen LogP contribution in [0.5, 0.6) is 0 Å². The third kappa shape index (κ3) is 2.28. The molecule has 0 saturated carbocycles. The van der Waals surface area contributed by atoms with Gasteiger partial charge in [0.15, 0.2) is 5.65 Å². The molecule has 0 amide bonds. The number of aromatic nitrogens is 7. The molecule has 126 valence electrons. The van der Waals surface area contributed by atoms with E-state index in [2.05, 4.69) is 15.1 Å². The monoisotopic (exact) mass is 337 g/mol. The van der Waals surface area contributed by atoms with Crippen LogP contribution in [0.4, 0.5) is 0 Å². The molecule has 0 aliphatic rings. The summed E-state index contributed by atoms with van der Waals surface area (Å²) >= 11 is 0. The Labute approximate surface area is 141 Å². The first-order chi connectivity index (χ1) is 12.1. The molecule has 4 aromatic rings. The van der Waals surface area contributed by atoms with Gasteiger partial charge < -0.3 is 0 Å². The van der Waals surface area contributed by atoms with Gasteiger partial charge in [-0.25, -0.2) is 28.5 Å². The second kappa shape index (κ2) is 5.55. The molecule has 4 heterocycles. The highest BCUT2D eigenvalue weighted by atomic mass is 16.2. The van der Waals surface area contributed by atoms with E-state index in [1.54, 1.807) is 37.1 Å². The molecule has 0 aromatic carbocycles. The van der Waals surface area contributed by atoms with E-state index < -0.39 is 5.69 Å². The summed E-state index contributed by atoms with van der Waals surface area (Å²) in [6, 6.07) is 5.49. The molecule has 4 rings (SSSR count). The number of hydrogen-bond acceptors (Lipinski definition) is 5. The Bertz CT molecular complexity index is 1180. The third-order valence-corrected chi connectivity index (χ3v) is 4.04. The van der Waals surface area contributed by atoms with E-state index in [1.807, 2.05) is 18.3 Å². The van der Waals surface area contributed by atoms with Crippen molar-refractivity contribution in [2.24, 2.45) is 7.05 Å². The van der Waals surface area contributed by atoms with Crippen molar-refractivity contribution in [3.05, 3.63) is 64.0 Å². The summed E-state index contributed by atoms with van der Waals surface area (Å²) in [6.45, 7) is 2.07. The molecule has 0 spiro atoms. The SMILES string of the molecule is CCn1c(=O)n(C)n(-c2cnc3nn(-c4cccnc4)cc3c2)c1=O. The molecular formula is C16H15N7O2. The zero-order chi connectivity index (χ0) is 17.6. The topological polar surface area (TPSA) is 92.5 Å². The van der Waals surface area contributed by atoms with Crippen molar-refractivity contribution in [1.82, 2.24) is 33.7 Å². The highest BCUT2D eigenvalue weighted by Crippen LogP contribution is 2.16. The Morgan fingerprint density at radius 1 is 1.12 bits per heavy atom. The smallest absolute Gasteiger partial charge is 0.262 e. The quantitative estimate of drug-likeness (QED) is 0.542. The fourth-order valence-electron chi connectivity index (χ4n) is 2.78. The summed E-state index contributed by atoms with van der Waals surface area (Å²) in [7, 11) is 1.55. The van der Waals surface area contributed by atoms with Gasteiger partial charge in [-0.1, -0.05) is 0 Å². The first-order valence-electron chi connectivity index (χ1n) is 7.75. The van der Waals surface area contributed by atoms with E-state index in [0.717, 1.165) is 11.1 Å². The van der Waals surface area contributed by atoms with Crippen LogP contribution in [-0.4, -0.2) is 33.7 Å². The third-order valence-electron chi connectivity index (χ3n) is 4.04. The summed E-state index contributed by atoms with van der Waals surface area (Å²) in [4.78, 5) is 33.0. The Morgan fingerprint density at radius 3 is 2.64 bits per heavy atom. The molecule has 0 saturated heterocycles. The number of rotatable bonds is 3. The molecule has 0 N–H and O–H groups in total. The van der Waals surface area contributed by atoms with E-state index in [1.165, 1.54) is 20.1 Å². The molecule has 25 heavy (non-hydrogen) atoms. The van der Waals surface area contributed by atoms with Crippen molar-refractivity contribution in [2.45, 2.75) is 13.5 Å². The molecule has 0 aliphatic carbocycles. The summed E-state index contributed by atoms with van der Waals surface area (Å²) in [5.74, 6) is 0. The largest absolute Gasteiger partial charge is 0.351 e. The summed E-state index contributed by atoms with van der Waals surface area (Å²) in [5.41, 5.74) is 1.11. The van der Waals surface area contributed by atoms with Crippen LogP contribution in [0.3, 0.4) is 0 Å². The molecule has 9 heteroatoms. The summed E-state index contributed by atoms with van der Waals surface area (Å²) < 4.78 is 5.43. The Balaban J connectivity index is 1.89. The zero-order valence-corrected chi connectivity index (χ0v) is 13.7. The first kappa shape index (κ1) is 15.1. The lowest BCUT2D eigenvalue weighted by Crippen LogP contribution is -2.27. The van der Waals surface area contributed by atoms with Crippen LogP contribution in [0.25, 0.3) is 22.4 Å². The number of pyridine rings is 2. The van der Waals surface area contributed by atoms with Crippen LogP contribution in [0, 0.1) is 0 Å². The normalized spacial score (nSPS) is 11.3. The predicted molar refractivity (Wildman–Crippen MR) is 91.2 cm³/mol. The minimum absolute atomic E-state index is 0.313. The molecule has 0 fully saturated rings. The average molecular weight is 337 g/mol. The average Bonchev–Trinajstić information content (AvgIpc) is 3.14. The van der Waals surface area contributed by atoms with Crippen LogP contribution >= 0.6 is 0 Å². The van der Waals surface area contributed by atoms with Crippen molar-refractivity contribution in [1.29, 1.82) is 0 Å². The van der Waals surface area contributed by atoms with Gasteiger partial charge in [-0.15, -0.1) is 5.10 Å². The fraction of sp³-hybridized carbons (Fsp3) is 0.188. The van der Waals surface area contributed by atoms with E-state index in [-0.39, 0.29) is 5.69 Å². The predicted octanol–water partition coefficient (Wildman–Crippen LogP) is 0.486. The maximum Gasteiger partial charge on any atom is 0.351 e. The molecule has 0 aliphatic heterocycles. The number of fused-ring (bicyclic) bond motifs is 1. The Kier molecular flexibility index (Phi) is 3.34. The second-order valence-electron chi connectivity index (χ2n) is 5.54. The minimum atomic E-state index is -0.393. The Hall–Kier alpha value is -3.49. The first-order valence-corrected chi connectivity index (χ1v) is 7.75. The molecular weight excluding hydrogens is 322 g/mol. The van der Waals surface area contributed by atoms with Crippen molar-refractivity contribution in [3.63, 3.8) is 0 Å². The molecule has 4 aromatic heterocycles. The van der Waals surface area contributed by atoms with Crippen molar-refractivity contribution in [3.8, 4) is 11.4 Å². The van der Waals surface area contributed by atoms with Gasteiger partial charge in [-0.3, -0.25) is 4.98 Å². The summed E-state index contributed by atoms with van der Waals surface area (Å²) in [5, 5.41) is 5.16. The molecule has 0 atom stereocenters. The fourth-order valence-corrected chi connectivity index (χ4v) is 2.78. The van der Waals surface area contributed by atoms with E-state index in [9.17, 15) is 9.59 Å². The van der Waals surface area contributed by atoms with E-state index in [0.29, 0.717) is 17.9 Å². The van der Waals surface area contributed by atoms with E-state index >= 15 is 0 Å². The van der Waals surface area contributed by atoms with Gasteiger partial charge in [-0.2, -0.15) is 4.68 Å². The molecule has 0 unspecified atom stereocenters. The highest BCUT2D eigenvalue weighted by Gasteiger charge is 2.15. The van der Waals surface area contributed by atoms with Crippen LogP contribution in [-0.2, 0) is 13.6 Å². The van der Waals surface area contributed by atoms with Crippen LogP contribution in [0.1, 0.15) is 6.92 Å².